The van der Waals surface area contributed by atoms with Crippen LogP contribution in [0.4, 0.5) is 0 Å². The Balaban J connectivity index is 1.71. The second kappa shape index (κ2) is 10.3. The third-order valence-corrected chi connectivity index (χ3v) is 4.81. The predicted octanol–water partition coefficient (Wildman–Crippen LogP) is 1.69. The van der Waals surface area contributed by atoms with Crippen LogP contribution >= 0.6 is 11.6 Å². The van der Waals surface area contributed by atoms with Crippen molar-refractivity contribution in [2.75, 3.05) is 26.2 Å². The zero-order chi connectivity index (χ0) is 18.9. The number of hydrogen-bond acceptors (Lipinski definition) is 2. The van der Waals surface area contributed by atoms with Crippen LogP contribution in [0.15, 0.2) is 60.7 Å². The Bertz CT molecular complexity index is 853. The molecule has 0 radical (unpaired) electrons. The molecule has 3 rings (SSSR count). The standard InChI is InChI=1S/C22H25ClN2O2/c23-19-8-5-17(6-9-19)16-27-22-10-7-18-3-1-2-4-20(18)21(22)15-25-12-11-24-13-14-26/h1-10,24-26H,11-16H2/p+2. The minimum Gasteiger partial charge on any atom is -0.488 e. The van der Waals surface area contributed by atoms with Crippen molar-refractivity contribution < 1.29 is 20.5 Å². The van der Waals surface area contributed by atoms with Crippen LogP contribution in [0.5, 0.6) is 5.75 Å². The lowest BCUT2D eigenvalue weighted by molar-refractivity contribution is -0.731. The van der Waals surface area contributed by atoms with E-state index in [1.165, 1.54) is 16.3 Å². The Labute approximate surface area is 165 Å². The molecule has 27 heavy (non-hydrogen) atoms. The molecule has 3 aromatic carbocycles. The van der Waals surface area contributed by atoms with Crippen LogP contribution in [0.3, 0.4) is 0 Å². The zero-order valence-corrected chi connectivity index (χ0v) is 16.2. The summed E-state index contributed by atoms with van der Waals surface area (Å²) in [6.07, 6.45) is 0. The molecule has 0 bridgehead atoms. The van der Waals surface area contributed by atoms with Crippen LogP contribution in [0.1, 0.15) is 11.1 Å². The summed E-state index contributed by atoms with van der Waals surface area (Å²) >= 11 is 5.96. The van der Waals surface area contributed by atoms with E-state index in [-0.39, 0.29) is 6.61 Å². The maximum Gasteiger partial charge on any atom is 0.129 e. The van der Waals surface area contributed by atoms with Crippen molar-refractivity contribution in [3.63, 3.8) is 0 Å². The summed E-state index contributed by atoms with van der Waals surface area (Å²) < 4.78 is 6.16. The number of fused-ring (bicyclic) bond motifs is 1. The quantitative estimate of drug-likeness (QED) is 0.464. The molecule has 0 unspecified atom stereocenters. The lowest BCUT2D eigenvalue weighted by atomic mass is 10.0. The largest absolute Gasteiger partial charge is 0.488 e. The normalized spacial score (nSPS) is 11.0. The molecular weight excluding hydrogens is 360 g/mol. The van der Waals surface area contributed by atoms with Crippen LogP contribution in [0.25, 0.3) is 10.8 Å². The van der Waals surface area contributed by atoms with Crippen molar-refractivity contribution in [1.29, 1.82) is 0 Å². The second-order valence-corrected chi connectivity index (χ2v) is 6.99. The number of hydrogen-bond donors (Lipinski definition) is 3. The molecule has 0 amide bonds. The highest BCUT2D eigenvalue weighted by Gasteiger charge is 2.11. The van der Waals surface area contributed by atoms with Gasteiger partial charge < -0.3 is 20.5 Å². The summed E-state index contributed by atoms with van der Waals surface area (Å²) in [6, 6.07) is 20.4. The van der Waals surface area contributed by atoms with Gasteiger partial charge >= 0.3 is 0 Å². The van der Waals surface area contributed by atoms with E-state index in [0.717, 1.165) is 42.5 Å². The van der Waals surface area contributed by atoms with Gasteiger partial charge in [-0.2, -0.15) is 0 Å². The molecule has 142 valence electrons. The number of benzene rings is 3. The first-order valence-corrected chi connectivity index (χ1v) is 9.78. The molecule has 0 aliphatic carbocycles. The van der Waals surface area contributed by atoms with E-state index in [9.17, 15) is 0 Å². The number of aliphatic hydroxyl groups excluding tert-OH is 1. The molecule has 0 aliphatic heterocycles. The van der Waals surface area contributed by atoms with E-state index < -0.39 is 0 Å². The van der Waals surface area contributed by atoms with Crippen molar-refractivity contribution in [3.05, 3.63) is 76.8 Å². The fraction of sp³-hybridized carbons (Fsp3) is 0.273. The Kier molecular flexibility index (Phi) is 7.48. The summed E-state index contributed by atoms with van der Waals surface area (Å²) in [4.78, 5) is 0. The van der Waals surface area contributed by atoms with Crippen LogP contribution in [0.2, 0.25) is 5.02 Å². The van der Waals surface area contributed by atoms with E-state index in [2.05, 4.69) is 47.0 Å². The summed E-state index contributed by atoms with van der Waals surface area (Å²) in [5.74, 6) is 0.930. The van der Waals surface area contributed by atoms with Crippen LogP contribution in [-0.4, -0.2) is 31.3 Å². The van der Waals surface area contributed by atoms with Gasteiger partial charge in [0, 0.05) is 5.02 Å². The van der Waals surface area contributed by atoms with Crippen molar-refractivity contribution in [2.24, 2.45) is 0 Å². The first kappa shape index (κ1) is 19.6. The number of ether oxygens (including phenoxy) is 1. The number of nitrogens with two attached hydrogens (primary N) is 2. The molecule has 5 heteroatoms. The van der Waals surface area contributed by atoms with E-state index in [0.29, 0.717) is 6.61 Å². The van der Waals surface area contributed by atoms with Gasteiger partial charge in [-0.3, -0.25) is 0 Å². The number of halogens is 1. The summed E-state index contributed by atoms with van der Waals surface area (Å²) in [6.45, 7) is 4.37. The Morgan fingerprint density at radius 2 is 1.63 bits per heavy atom. The third kappa shape index (κ3) is 5.68. The topological polar surface area (TPSA) is 62.7 Å². The van der Waals surface area contributed by atoms with Crippen molar-refractivity contribution in [1.82, 2.24) is 0 Å². The first-order chi connectivity index (χ1) is 13.3. The Hall–Kier alpha value is -2.11. The van der Waals surface area contributed by atoms with Gasteiger partial charge in [0.2, 0.25) is 0 Å². The van der Waals surface area contributed by atoms with Gasteiger partial charge in [-0.15, -0.1) is 0 Å². The van der Waals surface area contributed by atoms with Crippen LogP contribution < -0.4 is 15.4 Å². The molecule has 5 N–H and O–H groups in total. The molecule has 0 fully saturated rings. The van der Waals surface area contributed by atoms with Crippen LogP contribution in [0, 0.1) is 0 Å². The van der Waals surface area contributed by atoms with Crippen molar-refractivity contribution >= 4 is 22.4 Å². The number of aliphatic hydroxyl groups is 1. The summed E-state index contributed by atoms with van der Waals surface area (Å²) in [7, 11) is 0. The Morgan fingerprint density at radius 1 is 0.852 bits per heavy atom. The van der Waals surface area contributed by atoms with Gasteiger partial charge in [0.25, 0.3) is 0 Å². The molecule has 0 aromatic heterocycles. The average Bonchev–Trinajstić information content (AvgIpc) is 2.70. The predicted molar refractivity (Wildman–Crippen MR) is 109 cm³/mol. The number of rotatable bonds is 10. The molecule has 0 aliphatic rings. The minimum atomic E-state index is 0.228. The van der Waals surface area contributed by atoms with Gasteiger partial charge in [0.1, 0.15) is 32.0 Å². The van der Waals surface area contributed by atoms with Crippen molar-refractivity contribution in [3.8, 4) is 5.75 Å². The van der Waals surface area contributed by atoms with Crippen LogP contribution in [-0.2, 0) is 13.2 Å². The van der Waals surface area contributed by atoms with E-state index in [4.69, 9.17) is 21.4 Å². The van der Waals surface area contributed by atoms with E-state index >= 15 is 0 Å². The van der Waals surface area contributed by atoms with E-state index in [1.54, 1.807) is 0 Å². The lowest BCUT2D eigenvalue weighted by Crippen LogP contribution is -2.94. The maximum absolute atomic E-state index is 8.86. The highest BCUT2D eigenvalue weighted by atomic mass is 35.5. The van der Waals surface area contributed by atoms with Gasteiger partial charge in [-0.25, -0.2) is 0 Å². The highest BCUT2D eigenvalue weighted by Crippen LogP contribution is 2.28. The molecule has 0 saturated carbocycles. The summed E-state index contributed by atoms with van der Waals surface area (Å²) in [5, 5.41) is 16.5. The maximum atomic E-state index is 8.86. The highest BCUT2D eigenvalue weighted by molar-refractivity contribution is 6.30. The second-order valence-electron chi connectivity index (χ2n) is 6.55. The van der Waals surface area contributed by atoms with E-state index in [1.807, 2.05) is 24.3 Å². The lowest BCUT2D eigenvalue weighted by Gasteiger charge is -2.14. The summed E-state index contributed by atoms with van der Waals surface area (Å²) in [5.41, 5.74) is 2.32. The average molecular weight is 387 g/mol. The number of quaternary nitrogens is 2. The molecule has 0 saturated heterocycles. The monoisotopic (exact) mass is 386 g/mol. The third-order valence-electron chi connectivity index (χ3n) is 4.56. The van der Waals surface area contributed by atoms with Gasteiger partial charge in [0.05, 0.1) is 18.7 Å². The van der Waals surface area contributed by atoms with Gasteiger partial charge in [-0.05, 0) is 34.5 Å². The molecule has 4 nitrogen and oxygen atoms in total. The van der Waals surface area contributed by atoms with Gasteiger partial charge in [0.15, 0.2) is 0 Å². The minimum absolute atomic E-state index is 0.228. The smallest absolute Gasteiger partial charge is 0.129 e. The zero-order valence-electron chi connectivity index (χ0n) is 15.4. The molecule has 3 aromatic rings. The van der Waals surface area contributed by atoms with Gasteiger partial charge in [-0.1, -0.05) is 54.1 Å². The molecule has 0 spiro atoms. The fourth-order valence-electron chi connectivity index (χ4n) is 3.12. The Morgan fingerprint density at radius 3 is 2.44 bits per heavy atom. The molecule has 0 heterocycles. The first-order valence-electron chi connectivity index (χ1n) is 9.40. The fourth-order valence-corrected chi connectivity index (χ4v) is 3.25. The molecular formula is C22H27ClN2O2+2. The van der Waals surface area contributed by atoms with Crippen molar-refractivity contribution in [2.45, 2.75) is 13.2 Å². The SMILES string of the molecule is OCC[NH2+]CC[NH2+]Cc1c(OCc2ccc(Cl)cc2)ccc2ccccc12. The molecule has 0 atom stereocenters.